The minimum Gasteiger partial charge on any atom is -0.443 e. The summed E-state index contributed by atoms with van der Waals surface area (Å²) >= 11 is 0. The van der Waals surface area contributed by atoms with Crippen LogP contribution in [0.1, 0.15) is 18.4 Å². The maximum Gasteiger partial charge on any atom is 0.181 e. The lowest BCUT2D eigenvalue weighted by atomic mass is 10.1. The van der Waals surface area contributed by atoms with Crippen molar-refractivity contribution in [1.82, 2.24) is 10.3 Å². The first-order valence-electron chi connectivity index (χ1n) is 6.13. The summed E-state index contributed by atoms with van der Waals surface area (Å²) in [6.45, 7) is 2.82. The molecule has 0 saturated heterocycles. The van der Waals surface area contributed by atoms with Gasteiger partial charge in [0.1, 0.15) is 5.52 Å². The van der Waals surface area contributed by atoms with E-state index < -0.39 is 0 Å². The molecule has 1 heterocycles. The fourth-order valence-electron chi connectivity index (χ4n) is 1.81. The maximum absolute atomic E-state index is 5.43. The molecule has 0 saturated carbocycles. The van der Waals surface area contributed by atoms with Crippen molar-refractivity contribution in [3.63, 3.8) is 0 Å². The number of oxazole rings is 1. The van der Waals surface area contributed by atoms with Gasteiger partial charge < -0.3 is 15.5 Å². The second kappa shape index (κ2) is 6.37. The van der Waals surface area contributed by atoms with Crippen LogP contribution >= 0.6 is 0 Å². The SMILES string of the molecule is NCCCCNCCc1ccc2ncoc2c1. The number of hydrogen-bond acceptors (Lipinski definition) is 4. The van der Waals surface area contributed by atoms with Gasteiger partial charge in [0.05, 0.1) is 0 Å². The Morgan fingerprint density at radius 1 is 1.24 bits per heavy atom. The van der Waals surface area contributed by atoms with Crippen LogP contribution < -0.4 is 11.1 Å². The highest BCUT2D eigenvalue weighted by atomic mass is 16.3. The van der Waals surface area contributed by atoms with Gasteiger partial charge in [-0.1, -0.05) is 6.07 Å². The van der Waals surface area contributed by atoms with E-state index in [2.05, 4.69) is 22.4 Å². The van der Waals surface area contributed by atoms with Crippen molar-refractivity contribution in [2.75, 3.05) is 19.6 Å². The molecular formula is C13H19N3O. The molecule has 0 radical (unpaired) electrons. The summed E-state index contributed by atoms with van der Waals surface area (Å²) in [6.07, 6.45) is 4.74. The zero-order valence-corrected chi connectivity index (χ0v) is 9.98. The average molecular weight is 233 g/mol. The Bertz CT molecular complexity index is 453. The predicted molar refractivity (Wildman–Crippen MR) is 68.9 cm³/mol. The van der Waals surface area contributed by atoms with Crippen LogP contribution in [0.5, 0.6) is 0 Å². The number of unbranched alkanes of at least 4 members (excludes halogenated alkanes) is 1. The standard InChI is InChI=1S/C13H19N3O/c14-6-1-2-7-15-8-5-11-3-4-12-13(9-11)17-10-16-12/h3-4,9-10,15H,1-2,5-8,14H2. The molecule has 0 bridgehead atoms. The van der Waals surface area contributed by atoms with Gasteiger partial charge in [-0.2, -0.15) is 0 Å². The van der Waals surface area contributed by atoms with Crippen LogP contribution in [0.2, 0.25) is 0 Å². The predicted octanol–water partition coefficient (Wildman–Crippen LogP) is 1.70. The molecule has 0 atom stereocenters. The molecule has 4 heteroatoms. The summed E-state index contributed by atoms with van der Waals surface area (Å²) in [5, 5.41) is 3.41. The van der Waals surface area contributed by atoms with Crippen LogP contribution in [0.4, 0.5) is 0 Å². The Kier molecular flexibility index (Phi) is 4.53. The van der Waals surface area contributed by atoms with Gasteiger partial charge in [-0.05, 0) is 56.6 Å². The third-order valence-corrected chi connectivity index (χ3v) is 2.79. The van der Waals surface area contributed by atoms with Crippen LogP contribution in [0.25, 0.3) is 11.1 Å². The van der Waals surface area contributed by atoms with Crippen LogP contribution in [-0.4, -0.2) is 24.6 Å². The average Bonchev–Trinajstić information content (AvgIpc) is 2.81. The Morgan fingerprint density at radius 3 is 3.06 bits per heavy atom. The molecule has 0 aliphatic carbocycles. The van der Waals surface area contributed by atoms with Crippen LogP contribution in [-0.2, 0) is 6.42 Å². The Labute approximate surface area is 101 Å². The highest BCUT2D eigenvalue weighted by molar-refractivity contribution is 5.72. The maximum atomic E-state index is 5.43. The number of rotatable bonds is 7. The lowest BCUT2D eigenvalue weighted by Crippen LogP contribution is -2.19. The quantitative estimate of drug-likeness (QED) is 0.714. The molecule has 17 heavy (non-hydrogen) atoms. The van der Waals surface area contributed by atoms with Gasteiger partial charge in [0.15, 0.2) is 12.0 Å². The van der Waals surface area contributed by atoms with Gasteiger partial charge >= 0.3 is 0 Å². The Balaban J connectivity index is 1.75. The third kappa shape index (κ3) is 3.54. The smallest absolute Gasteiger partial charge is 0.181 e. The number of hydrogen-bond donors (Lipinski definition) is 2. The van der Waals surface area contributed by atoms with Gasteiger partial charge in [0, 0.05) is 0 Å². The summed E-state index contributed by atoms with van der Waals surface area (Å²) in [5.41, 5.74) is 8.50. The van der Waals surface area contributed by atoms with Crippen molar-refractivity contribution >= 4 is 11.1 Å². The van der Waals surface area contributed by atoms with E-state index in [9.17, 15) is 0 Å². The molecule has 0 amide bonds. The van der Waals surface area contributed by atoms with Gasteiger partial charge in [0.25, 0.3) is 0 Å². The number of nitrogens with two attached hydrogens (primary N) is 1. The third-order valence-electron chi connectivity index (χ3n) is 2.79. The van der Waals surface area contributed by atoms with Crippen molar-refractivity contribution in [3.8, 4) is 0 Å². The van der Waals surface area contributed by atoms with E-state index >= 15 is 0 Å². The molecule has 3 N–H and O–H groups in total. The summed E-state index contributed by atoms with van der Waals surface area (Å²) in [4.78, 5) is 4.10. The lowest BCUT2D eigenvalue weighted by Gasteiger charge is -2.04. The van der Waals surface area contributed by atoms with E-state index in [4.69, 9.17) is 10.2 Å². The number of fused-ring (bicyclic) bond motifs is 1. The minimum absolute atomic E-state index is 0.782. The molecule has 0 unspecified atom stereocenters. The number of benzene rings is 1. The molecule has 0 aliphatic rings. The first-order chi connectivity index (χ1) is 8.40. The second-order valence-corrected chi connectivity index (χ2v) is 4.15. The van der Waals surface area contributed by atoms with Gasteiger partial charge in [-0.25, -0.2) is 4.98 Å². The van der Waals surface area contributed by atoms with Crippen LogP contribution in [0, 0.1) is 0 Å². The van der Waals surface area contributed by atoms with Gasteiger partial charge in [-0.15, -0.1) is 0 Å². The number of nitrogens with one attached hydrogen (secondary N) is 1. The monoisotopic (exact) mass is 233 g/mol. The summed E-state index contributed by atoms with van der Waals surface area (Å²) in [7, 11) is 0. The molecule has 4 nitrogen and oxygen atoms in total. The summed E-state index contributed by atoms with van der Waals surface area (Å²) < 4.78 is 5.27. The van der Waals surface area contributed by atoms with E-state index in [0.29, 0.717) is 0 Å². The van der Waals surface area contributed by atoms with E-state index in [1.165, 1.54) is 12.0 Å². The van der Waals surface area contributed by atoms with Crippen molar-refractivity contribution in [1.29, 1.82) is 0 Å². The molecule has 2 rings (SSSR count). The normalized spacial score (nSPS) is 11.1. The fourth-order valence-corrected chi connectivity index (χ4v) is 1.81. The fraction of sp³-hybridized carbons (Fsp3) is 0.462. The Hall–Kier alpha value is -1.39. The largest absolute Gasteiger partial charge is 0.443 e. The number of aromatic nitrogens is 1. The highest BCUT2D eigenvalue weighted by Gasteiger charge is 1.99. The van der Waals surface area contributed by atoms with Crippen LogP contribution in [0.15, 0.2) is 29.0 Å². The van der Waals surface area contributed by atoms with Gasteiger partial charge in [-0.3, -0.25) is 0 Å². The van der Waals surface area contributed by atoms with Crippen molar-refractivity contribution in [2.45, 2.75) is 19.3 Å². The minimum atomic E-state index is 0.782. The van der Waals surface area contributed by atoms with E-state index in [-0.39, 0.29) is 0 Å². The molecule has 1 aromatic heterocycles. The first kappa shape index (κ1) is 12.1. The van der Waals surface area contributed by atoms with Crippen molar-refractivity contribution in [2.24, 2.45) is 5.73 Å². The first-order valence-corrected chi connectivity index (χ1v) is 6.13. The molecule has 1 aromatic carbocycles. The van der Waals surface area contributed by atoms with Gasteiger partial charge in [0.2, 0.25) is 0 Å². The highest BCUT2D eigenvalue weighted by Crippen LogP contribution is 2.14. The molecule has 0 fully saturated rings. The second-order valence-electron chi connectivity index (χ2n) is 4.15. The van der Waals surface area contributed by atoms with Crippen LogP contribution in [0.3, 0.4) is 0 Å². The molecule has 0 aliphatic heterocycles. The van der Waals surface area contributed by atoms with E-state index in [1.807, 2.05) is 6.07 Å². The topological polar surface area (TPSA) is 64.1 Å². The Morgan fingerprint density at radius 2 is 2.18 bits per heavy atom. The van der Waals surface area contributed by atoms with E-state index in [0.717, 1.165) is 50.0 Å². The summed E-state index contributed by atoms with van der Waals surface area (Å²) in [6, 6.07) is 6.17. The molecule has 2 aromatic rings. The van der Waals surface area contributed by atoms with Crippen molar-refractivity contribution in [3.05, 3.63) is 30.2 Å². The molecule has 0 spiro atoms. The summed E-state index contributed by atoms with van der Waals surface area (Å²) in [5.74, 6) is 0. The molecular weight excluding hydrogens is 214 g/mol. The van der Waals surface area contributed by atoms with E-state index in [1.54, 1.807) is 0 Å². The zero-order chi connectivity index (χ0) is 11.9. The number of nitrogens with zero attached hydrogens (tertiary/aromatic N) is 1. The lowest BCUT2D eigenvalue weighted by molar-refractivity contribution is 0.600. The zero-order valence-electron chi connectivity index (χ0n) is 9.98. The molecule has 92 valence electrons. The van der Waals surface area contributed by atoms with Crippen molar-refractivity contribution < 1.29 is 4.42 Å².